The van der Waals surface area contributed by atoms with Crippen LogP contribution in [0.25, 0.3) is 0 Å². The Labute approximate surface area is 171 Å². The summed E-state index contributed by atoms with van der Waals surface area (Å²) in [4.78, 5) is 44.4. The second kappa shape index (κ2) is 8.28. The highest BCUT2D eigenvalue weighted by molar-refractivity contribution is 6.09. The molecule has 0 aromatic rings. The smallest absolute Gasteiger partial charge is 0.451 e. The number of amidine groups is 1. The van der Waals surface area contributed by atoms with E-state index < -0.39 is 54.3 Å². The third kappa shape index (κ3) is 4.62. The summed E-state index contributed by atoms with van der Waals surface area (Å²) in [5.41, 5.74) is -2.12. The molecule has 0 aromatic heterocycles. The molecule has 1 N–H and O–H groups in total. The Bertz CT molecular complexity index is 777. The molecule has 1 aliphatic carbocycles. The third-order valence-corrected chi connectivity index (χ3v) is 5.48. The van der Waals surface area contributed by atoms with Crippen LogP contribution in [0.4, 0.5) is 26.3 Å². The van der Waals surface area contributed by atoms with Gasteiger partial charge < -0.3 is 14.9 Å². The number of hydrogen-bond donors (Lipinski definition) is 1. The Morgan fingerprint density at radius 3 is 2.23 bits per heavy atom. The van der Waals surface area contributed by atoms with Gasteiger partial charge in [-0.3, -0.25) is 4.79 Å². The number of alkyl halides is 6. The fourth-order valence-corrected chi connectivity index (χ4v) is 3.97. The van der Waals surface area contributed by atoms with Crippen LogP contribution in [-0.4, -0.2) is 65.8 Å². The minimum absolute atomic E-state index is 0.0638. The van der Waals surface area contributed by atoms with Gasteiger partial charge in [0, 0.05) is 12.5 Å². The van der Waals surface area contributed by atoms with Crippen LogP contribution < -0.4 is 5.32 Å². The standard InChI is InChI=1S/C17H19F6N3O5/c18-16(19,20)13(28)30-10-8-24-7-6-15(10)12(27)26(31-14(29)17(21,22)23)11(25-15)9-4-2-1-3-5-9/h9-10,24H,1-8H2. The highest BCUT2D eigenvalue weighted by Crippen LogP contribution is 2.39. The number of halogens is 6. The molecule has 2 heterocycles. The molecule has 2 unspecified atom stereocenters. The highest BCUT2D eigenvalue weighted by atomic mass is 19.4. The molecule has 0 radical (unpaired) electrons. The van der Waals surface area contributed by atoms with E-state index in [1.807, 2.05) is 0 Å². The number of rotatable bonds is 3. The number of amides is 1. The first kappa shape index (κ1) is 23.3. The van der Waals surface area contributed by atoms with Gasteiger partial charge in [0.1, 0.15) is 11.9 Å². The maximum Gasteiger partial charge on any atom is 0.493 e. The summed E-state index contributed by atoms with van der Waals surface area (Å²) >= 11 is 0. The average Bonchev–Trinajstić information content (AvgIpc) is 2.96. The van der Waals surface area contributed by atoms with Crippen molar-refractivity contribution in [1.29, 1.82) is 0 Å². The first-order valence-electron chi connectivity index (χ1n) is 9.58. The number of nitrogens with zero attached hydrogens (tertiary/aromatic N) is 2. The van der Waals surface area contributed by atoms with Crippen molar-refractivity contribution in [2.24, 2.45) is 10.9 Å². The lowest BCUT2D eigenvalue weighted by molar-refractivity contribution is -0.227. The normalized spacial score (nSPS) is 27.9. The molecule has 0 aromatic carbocycles. The predicted molar refractivity (Wildman–Crippen MR) is 89.2 cm³/mol. The number of piperidine rings is 1. The fraction of sp³-hybridized carbons (Fsp3) is 0.765. The number of aliphatic imine (C=N–C) groups is 1. The molecule has 1 spiro atoms. The molecule has 174 valence electrons. The molecule has 31 heavy (non-hydrogen) atoms. The van der Waals surface area contributed by atoms with Crippen molar-refractivity contribution in [1.82, 2.24) is 10.4 Å². The van der Waals surface area contributed by atoms with Gasteiger partial charge in [0.25, 0.3) is 5.91 Å². The van der Waals surface area contributed by atoms with Crippen LogP contribution >= 0.6 is 0 Å². The van der Waals surface area contributed by atoms with Gasteiger partial charge in [-0.05, 0) is 25.8 Å². The molecule has 8 nitrogen and oxygen atoms in total. The van der Waals surface area contributed by atoms with E-state index in [1.54, 1.807) is 0 Å². The molecule has 1 amide bonds. The van der Waals surface area contributed by atoms with Gasteiger partial charge in [0.2, 0.25) is 0 Å². The predicted octanol–water partition coefficient (Wildman–Crippen LogP) is 2.03. The Morgan fingerprint density at radius 1 is 1.03 bits per heavy atom. The van der Waals surface area contributed by atoms with E-state index in [9.17, 15) is 40.7 Å². The summed E-state index contributed by atoms with van der Waals surface area (Å²) in [5.74, 6) is -7.30. The molecule has 1 saturated heterocycles. The van der Waals surface area contributed by atoms with Crippen molar-refractivity contribution < 1.29 is 50.3 Å². The first-order chi connectivity index (χ1) is 14.4. The van der Waals surface area contributed by atoms with E-state index in [4.69, 9.17) is 0 Å². The van der Waals surface area contributed by atoms with Crippen LogP contribution in [0.1, 0.15) is 38.5 Å². The van der Waals surface area contributed by atoms with Crippen molar-refractivity contribution in [3.05, 3.63) is 0 Å². The van der Waals surface area contributed by atoms with Crippen LogP contribution in [0, 0.1) is 5.92 Å². The van der Waals surface area contributed by atoms with Crippen LogP contribution in [-0.2, 0) is 24.0 Å². The van der Waals surface area contributed by atoms with Crippen molar-refractivity contribution in [3.63, 3.8) is 0 Å². The fourth-order valence-electron chi connectivity index (χ4n) is 3.97. The summed E-state index contributed by atoms with van der Waals surface area (Å²) in [6.45, 7) is -0.329. The van der Waals surface area contributed by atoms with E-state index in [0.29, 0.717) is 25.7 Å². The van der Waals surface area contributed by atoms with Crippen LogP contribution in [0.15, 0.2) is 4.99 Å². The number of hydrogen-bond acceptors (Lipinski definition) is 7. The van der Waals surface area contributed by atoms with E-state index in [-0.39, 0.29) is 23.9 Å². The van der Waals surface area contributed by atoms with E-state index >= 15 is 0 Å². The molecular formula is C17H19F6N3O5. The minimum Gasteiger partial charge on any atom is -0.451 e. The molecular weight excluding hydrogens is 440 g/mol. The van der Waals surface area contributed by atoms with Gasteiger partial charge in [-0.15, -0.1) is 5.06 Å². The maximum atomic E-state index is 13.1. The second-order valence-electron chi connectivity index (χ2n) is 7.55. The van der Waals surface area contributed by atoms with Gasteiger partial charge in [0.15, 0.2) is 5.54 Å². The summed E-state index contributed by atoms with van der Waals surface area (Å²) in [7, 11) is 0. The molecule has 2 fully saturated rings. The molecule has 2 aliphatic heterocycles. The molecule has 3 rings (SSSR count). The number of hydroxylamine groups is 2. The van der Waals surface area contributed by atoms with E-state index in [2.05, 4.69) is 19.9 Å². The van der Waals surface area contributed by atoms with Gasteiger partial charge in [-0.1, -0.05) is 19.3 Å². The topological polar surface area (TPSA) is 97.3 Å². The number of esters is 1. The third-order valence-electron chi connectivity index (χ3n) is 5.48. The summed E-state index contributed by atoms with van der Waals surface area (Å²) in [5, 5.41) is 2.80. The zero-order valence-electron chi connectivity index (χ0n) is 16.0. The lowest BCUT2D eigenvalue weighted by atomic mass is 9.85. The number of nitrogens with one attached hydrogen (secondary N) is 1. The lowest BCUT2D eigenvalue weighted by Gasteiger charge is -2.36. The monoisotopic (exact) mass is 459 g/mol. The summed E-state index contributed by atoms with van der Waals surface area (Å²) in [6, 6.07) is 0. The molecule has 14 heteroatoms. The van der Waals surface area contributed by atoms with Crippen molar-refractivity contribution in [3.8, 4) is 0 Å². The SMILES string of the molecule is O=C(OC1CNCCC12N=C(C1CCCCC1)N(OC(=O)C(F)(F)F)C2=O)C(F)(F)F. The van der Waals surface area contributed by atoms with Gasteiger partial charge in [0.05, 0.1) is 0 Å². The lowest BCUT2D eigenvalue weighted by Crippen LogP contribution is -2.60. The zero-order valence-corrected chi connectivity index (χ0v) is 16.0. The van der Waals surface area contributed by atoms with Gasteiger partial charge in [-0.25, -0.2) is 14.6 Å². The van der Waals surface area contributed by atoms with Crippen LogP contribution in [0.3, 0.4) is 0 Å². The van der Waals surface area contributed by atoms with Gasteiger partial charge in [-0.2, -0.15) is 26.3 Å². The zero-order chi connectivity index (χ0) is 23.0. The maximum absolute atomic E-state index is 13.1. The number of carbonyl (C=O) groups excluding carboxylic acids is 3. The van der Waals surface area contributed by atoms with Crippen LogP contribution in [0.5, 0.6) is 0 Å². The number of carbonyl (C=O) groups is 3. The van der Waals surface area contributed by atoms with Crippen molar-refractivity contribution in [2.45, 2.75) is 62.5 Å². The number of ether oxygens (including phenoxy) is 1. The largest absolute Gasteiger partial charge is 0.493 e. The first-order valence-corrected chi connectivity index (χ1v) is 9.58. The molecule has 0 bridgehead atoms. The minimum atomic E-state index is -5.41. The quantitative estimate of drug-likeness (QED) is 0.513. The van der Waals surface area contributed by atoms with E-state index in [0.717, 1.165) is 6.42 Å². The van der Waals surface area contributed by atoms with E-state index in [1.165, 1.54) is 0 Å². The Balaban J connectivity index is 1.97. The van der Waals surface area contributed by atoms with Crippen molar-refractivity contribution >= 4 is 23.7 Å². The Hall–Kier alpha value is -2.38. The van der Waals surface area contributed by atoms with Crippen LogP contribution in [0.2, 0.25) is 0 Å². The summed E-state index contributed by atoms with van der Waals surface area (Å²) < 4.78 is 80.9. The van der Waals surface area contributed by atoms with Gasteiger partial charge >= 0.3 is 24.3 Å². The molecule has 3 aliphatic rings. The second-order valence-corrected chi connectivity index (χ2v) is 7.55. The molecule has 2 atom stereocenters. The average molecular weight is 459 g/mol. The molecule has 1 saturated carbocycles. The highest BCUT2D eigenvalue weighted by Gasteiger charge is 2.60. The Morgan fingerprint density at radius 2 is 1.65 bits per heavy atom. The summed E-state index contributed by atoms with van der Waals surface area (Å²) in [6.07, 6.45) is -9.70. The Kier molecular flexibility index (Phi) is 6.22. The van der Waals surface area contributed by atoms with Crippen molar-refractivity contribution in [2.75, 3.05) is 13.1 Å².